The number of ether oxygens (including phenoxy) is 1. The van der Waals surface area contributed by atoms with Crippen molar-refractivity contribution in [2.75, 3.05) is 6.16 Å². The zero-order valence-electron chi connectivity index (χ0n) is 17.0. The van der Waals surface area contributed by atoms with E-state index in [0.717, 1.165) is 36.3 Å². The molecule has 0 N–H and O–H groups in total. The van der Waals surface area contributed by atoms with Crippen molar-refractivity contribution in [3.8, 4) is 0 Å². The standard InChI is InChI=1S/C26H27O3P/c27-26(21-12-4-1-5-13-21)29-25-19-11-10-14-22(25)20-30(28,23-15-6-2-7-16-23)24-17-8-3-9-18-24/h1-9,12-13,15-18,22,25H,10-11,14,19-20H2/t22-,25+/m0/s1. The zero-order chi connectivity index (χ0) is 20.8. The van der Waals surface area contributed by atoms with Gasteiger partial charge in [-0.05, 0) is 31.4 Å². The van der Waals surface area contributed by atoms with Crippen molar-refractivity contribution >= 4 is 23.7 Å². The van der Waals surface area contributed by atoms with Crippen LogP contribution in [0.2, 0.25) is 0 Å². The summed E-state index contributed by atoms with van der Waals surface area (Å²) in [4.78, 5) is 12.7. The van der Waals surface area contributed by atoms with E-state index in [-0.39, 0.29) is 18.0 Å². The number of hydrogen-bond donors (Lipinski definition) is 0. The molecule has 4 rings (SSSR count). The maximum atomic E-state index is 14.4. The summed E-state index contributed by atoms with van der Waals surface area (Å²) in [6.07, 6.45) is 4.18. The van der Waals surface area contributed by atoms with Gasteiger partial charge >= 0.3 is 5.97 Å². The molecular weight excluding hydrogens is 391 g/mol. The van der Waals surface area contributed by atoms with Crippen molar-refractivity contribution in [3.63, 3.8) is 0 Å². The molecule has 0 bridgehead atoms. The zero-order valence-corrected chi connectivity index (χ0v) is 17.9. The van der Waals surface area contributed by atoms with E-state index >= 15 is 0 Å². The van der Waals surface area contributed by atoms with Gasteiger partial charge in [-0.1, -0.05) is 85.3 Å². The highest BCUT2D eigenvalue weighted by atomic mass is 31.2. The topological polar surface area (TPSA) is 43.4 Å². The summed E-state index contributed by atoms with van der Waals surface area (Å²) in [5.41, 5.74) is 0.566. The Morgan fingerprint density at radius 1 is 0.767 bits per heavy atom. The number of benzene rings is 3. The molecule has 0 unspecified atom stereocenters. The summed E-state index contributed by atoms with van der Waals surface area (Å²) in [5, 5.41) is 1.74. The van der Waals surface area contributed by atoms with Gasteiger partial charge < -0.3 is 9.30 Å². The van der Waals surface area contributed by atoms with Gasteiger partial charge in [-0.3, -0.25) is 0 Å². The van der Waals surface area contributed by atoms with Crippen LogP contribution in [0.4, 0.5) is 0 Å². The molecule has 0 amide bonds. The summed E-state index contributed by atoms with van der Waals surface area (Å²) < 4.78 is 20.4. The first kappa shape index (κ1) is 20.6. The van der Waals surface area contributed by atoms with Crippen LogP contribution < -0.4 is 10.6 Å². The van der Waals surface area contributed by atoms with Crippen molar-refractivity contribution < 1.29 is 14.1 Å². The lowest BCUT2D eigenvalue weighted by molar-refractivity contribution is 0.00538. The molecular formula is C26H27O3P. The fourth-order valence-electron chi connectivity index (χ4n) is 4.35. The minimum atomic E-state index is -2.84. The van der Waals surface area contributed by atoms with Crippen LogP contribution in [0, 0.1) is 5.92 Å². The van der Waals surface area contributed by atoms with Crippen LogP contribution in [-0.4, -0.2) is 18.2 Å². The van der Waals surface area contributed by atoms with E-state index in [1.807, 2.05) is 78.9 Å². The first-order valence-electron chi connectivity index (χ1n) is 10.6. The van der Waals surface area contributed by atoms with E-state index in [4.69, 9.17) is 4.74 Å². The molecule has 3 aromatic carbocycles. The van der Waals surface area contributed by atoms with Crippen LogP contribution in [0.5, 0.6) is 0 Å². The Hall–Kier alpha value is -2.64. The third-order valence-electron chi connectivity index (χ3n) is 5.95. The predicted molar refractivity (Wildman–Crippen MR) is 122 cm³/mol. The molecule has 4 heteroatoms. The van der Waals surface area contributed by atoms with E-state index < -0.39 is 7.14 Å². The van der Waals surface area contributed by atoms with Crippen molar-refractivity contribution in [2.45, 2.75) is 31.8 Å². The van der Waals surface area contributed by atoms with E-state index in [1.165, 1.54) is 0 Å². The van der Waals surface area contributed by atoms with Gasteiger partial charge in [0, 0.05) is 22.7 Å². The van der Waals surface area contributed by atoms with Gasteiger partial charge in [0.1, 0.15) is 13.2 Å². The summed E-state index contributed by atoms with van der Waals surface area (Å²) in [6, 6.07) is 28.6. The highest BCUT2D eigenvalue weighted by Gasteiger charge is 2.37. The molecule has 0 aliphatic heterocycles. The lowest BCUT2D eigenvalue weighted by Gasteiger charge is -2.34. The molecule has 2 atom stereocenters. The maximum absolute atomic E-state index is 14.4. The number of esters is 1. The van der Waals surface area contributed by atoms with Crippen LogP contribution in [0.15, 0.2) is 91.0 Å². The Labute approximate surface area is 178 Å². The van der Waals surface area contributed by atoms with Crippen molar-refractivity contribution in [1.82, 2.24) is 0 Å². The molecule has 3 nitrogen and oxygen atoms in total. The number of carbonyl (C=O) groups is 1. The lowest BCUT2D eigenvalue weighted by Crippen LogP contribution is -2.34. The highest BCUT2D eigenvalue weighted by molar-refractivity contribution is 7.78. The van der Waals surface area contributed by atoms with Gasteiger partial charge in [0.2, 0.25) is 0 Å². The van der Waals surface area contributed by atoms with Gasteiger partial charge in [-0.2, -0.15) is 0 Å². The third kappa shape index (κ3) is 4.57. The minimum absolute atomic E-state index is 0.0812. The highest BCUT2D eigenvalue weighted by Crippen LogP contribution is 2.48. The van der Waals surface area contributed by atoms with Gasteiger partial charge in [-0.25, -0.2) is 4.79 Å². The molecule has 0 heterocycles. The molecule has 1 aliphatic rings. The van der Waals surface area contributed by atoms with Gasteiger partial charge in [-0.15, -0.1) is 0 Å². The van der Waals surface area contributed by atoms with Gasteiger partial charge in [0.15, 0.2) is 0 Å². The molecule has 1 aliphatic carbocycles. The summed E-state index contributed by atoms with van der Waals surface area (Å²) in [6.45, 7) is 0. The van der Waals surface area contributed by atoms with E-state index in [9.17, 15) is 9.36 Å². The lowest BCUT2D eigenvalue weighted by atomic mass is 9.87. The molecule has 1 fully saturated rings. The van der Waals surface area contributed by atoms with Crippen LogP contribution in [0.3, 0.4) is 0 Å². The SMILES string of the molecule is O=C(O[C@@H]1CCCC[C@H]1CP(=O)(c1ccccc1)c1ccccc1)c1ccccc1. The first-order valence-corrected chi connectivity index (χ1v) is 12.5. The smallest absolute Gasteiger partial charge is 0.338 e. The maximum Gasteiger partial charge on any atom is 0.338 e. The van der Waals surface area contributed by atoms with E-state index in [2.05, 4.69) is 0 Å². The van der Waals surface area contributed by atoms with Crippen LogP contribution in [0.1, 0.15) is 36.0 Å². The molecule has 1 saturated carbocycles. The van der Waals surface area contributed by atoms with Crippen LogP contribution >= 0.6 is 7.14 Å². The first-order chi connectivity index (χ1) is 14.7. The Kier molecular flexibility index (Phi) is 6.50. The normalized spacial score (nSPS) is 19.2. The number of hydrogen-bond acceptors (Lipinski definition) is 3. The molecule has 0 saturated heterocycles. The molecule has 154 valence electrons. The van der Waals surface area contributed by atoms with E-state index in [0.29, 0.717) is 11.7 Å². The number of rotatable bonds is 6. The van der Waals surface area contributed by atoms with Crippen LogP contribution in [-0.2, 0) is 9.30 Å². The van der Waals surface area contributed by atoms with Crippen molar-refractivity contribution in [1.29, 1.82) is 0 Å². The average molecular weight is 418 g/mol. The van der Waals surface area contributed by atoms with Gasteiger partial charge in [0.25, 0.3) is 0 Å². The Morgan fingerprint density at radius 2 is 1.27 bits per heavy atom. The Balaban J connectivity index is 1.61. The molecule has 3 aromatic rings. The fraction of sp³-hybridized carbons (Fsp3) is 0.269. The van der Waals surface area contributed by atoms with Gasteiger partial charge in [0.05, 0.1) is 5.56 Å². The number of carbonyl (C=O) groups excluding carboxylic acids is 1. The largest absolute Gasteiger partial charge is 0.458 e. The second kappa shape index (κ2) is 9.45. The fourth-order valence-corrected chi connectivity index (χ4v) is 7.45. The molecule has 0 spiro atoms. The predicted octanol–water partition coefficient (Wildman–Crippen LogP) is 5.42. The molecule has 0 aromatic heterocycles. The molecule has 30 heavy (non-hydrogen) atoms. The summed E-state index contributed by atoms with van der Waals surface area (Å²) in [5.74, 6) is -0.209. The second-order valence-electron chi connectivity index (χ2n) is 7.95. The summed E-state index contributed by atoms with van der Waals surface area (Å²) in [7, 11) is -2.84. The van der Waals surface area contributed by atoms with Crippen LogP contribution in [0.25, 0.3) is 0 Å². The van der Waals surface area contributed by atoms with Crippen molar-refractivity contribution in [2.24, 2.45) is 5.92 Å². The summed E-state index contributed by atoms with van der Waals surface area (Å²) >= 11 is 0. The van der Waals surface area contributed by atoms with E-state index in [1.54, 1.807) is 12.1 Å². The molecule has 0 radical (unpaired) electrons. The van der Waals surface area contributed by atoms with Crippen molar-refractivity contribution in [3.05, 3.63) is 96.6 Å². The second-order valence-corrected chi connectivity index (χ2v) is 10.8. The average Bonchev–Trinajstić information content (AvgIpc) is 2.82. The minimum Gasteiger partial charge on any atom is -0.458 e. The Morgan fingerprint density at radius 3 is 1.83 bits per heavy atom. The quantitative estimate of drug-likeness (QED) is 0.397. The Bertz CT molecular complexity index is 959. The third-order valence-corrected chi connectivity index (χ3v) is 9.19. The monoisotopic (exact) mass is 418 g/mol.